The molecule has 0 aliphatic carbocycles. The lowest BCUT2D eigenvalue weighted by Gasteiger charge is -2.19. The summed E-state index contributed by atoms with van der Waals surface area (Å²) in [5, 5.41) is 20.6. The fraction of sp³-hybridized carbons (Fsp3) is 0.276. The van der Waals surface area contributed by atoms with E-state index in [0.29, 0.717) is 27.9 Å². The first-order chi connectivity index (χ1) is 18.4. The molecule has 6 nitrogen and oxygen atoms in total. The molecule has 1 N–H and O–H groups in total. The van der Waals surface area contributed by atoms with Gasteiger partial charge in [-0.1, -0.05) is 90.8 Å². The number of rotatable bonds is 12. The first-order valence-corrected chi connectivity index (χ1v) is 14.1. The Morgan fingerprint density at radius 2 is 1.79 bits per heavy atom. The number of unbranched alkanes of at least 4 members (excludes halogenated alkanes) is 1. The molecule has 0 saturated heterocycles. The van der Waals surface area contributed by atoms with Gasteiger partial charge in [-0.2, -0.15) is 0 Å². The standard InChI is InChI=1S/C29H29Cl2N3O3S/c1-3-4-9-26-32-33-29(38-18-20-10-13-22(30)14-11-20)34(26)17-21-12-15-25(24(31)16-21)37-27(28(35)36)23-8-6-5-7-19(23)2/h5-8,10-16,27H,3-4,9,17-18H2,1-2H3,(H,35,36). The zero-order chi connectivity index (χ0) is 27.1. The molecule has 0 aliphatic heterocycles. The quantitative estimate of drug-likeness (QED) is 0.175. The van der Waals surface area contributed by atoms with Crippen molar-refractivity contribution >= 4 is 40.9 Å². The lowest BCUT2D eigenvalue weighted by Crippen LogP contribution is -2.19. The van der Waals surface area contributed by atoms with E-state index >= 15 is 0 Å². The number of hydrogen-bond acceptors (Lipinski definition) is 5. The van der Waals surface area contributed by atoms with Crippen LogP contribution in [0.3, 0.4) is 0 Å². The van der Waals surface area contributed by atoms with Gasteiger partial charge < -0.3 is 14.4 Å². The Bertz CT molecular complexity index is 1390. The third kappa shape index (κ3) is 7.10. The summed E-state index contributed by atoms with van der Waals surface area (Å²) in [4.78, 5) is 12.0. The first-order valence-electron chi connectivity index (χ1n) is 12.4. The van der Waals surface area contributed by atoms with Crippen LogP contribution in [-0.4, -0.2) is 25.8 Å². The molecular formula is C29H29Cl2N3O3S. The third-order valence-corrected chi connectivity index (χ3v) is 7.69. The molecular weight excluding hydrogens is 541 g/mol. The summed E-state index contributed by atoms with van der Waals surface area (Å²) in [5.74, 6) is 0.907. The number of nitrogens with zero attached hydrogens (tertiary/aromatic N) is 3. The van der Waals surface area contributed by atoms with E-state index in [4.69, 9.17) is 27.9 Å². The van der Waals surface area contributed by atoms with Gasteiger partial charge >= 0.3 is 5.97 Å². The molecule has 0 radical (unpaired) electrons. The summed E-state index contributed by atoms with van der Waals surface area (Å²) >= 11 is 14.2. The van der Waals surface area contributed by atoms with Crippen molar-refractivity contribution in [2.24, 2.45) is 0 Å². The Morgan fingerprint density at radius 3 is 2.47 bits per heavy atom. The summed E-state index contributed by atoms with van der Waals surface area (Å²) in [6, 6.07) is 20.5. The van der Waals surface area contributed by atoms with E-state index in [-0.39, 0.29) is 0 Å². The largest absolute Gasteiger partial charge is 0.478 e. The molecule has 1 aromatic heterocycles. The highest BCUT2D eigenvalue weighted by Gasteiger charge is 2.24. The van der Waals surface area contributed by atoms with Crippen molar-refractivity contribution in [1.29, 1.82) is 0 Å². The maximum atomic E-state index is 12.0. The molecule has 1 atom stereocenters. The van der Waals surface area contributed by atoms with Gasteiger partial charge in [-0.25, -0.2) is 4.79 Å². The monoisotopic (exact) mass is 569 g/mol. The lowest BCUT2D eigenvalue weighted by atomic mass is 10.0. The molecule has 198 valence electrons. The van der Waals surface area contributed by atoms with Gasteiger partial charge in [0, 0.05) is 22.8 Å². The molecule has 4 rings (SSSR count). The maximum Gasteiger partial charge on any atom is 0.349 e. The number of thioether (sulfide) groups is 1. The number of carboxylic acids is 1. The Kier molecular flexibility index (Phi) is 9.72. The van der Waals surface area contributed by atoms with E-state index in [1.54, 1.807) is 30.0 Å². The number of hydrogen-bond donors (Lipinski definition) is 1. The fourth-order valence-electron chi connectivity index (χ4n) is 4.01. The number of benzene rings is 3. The number of ether oxygens (including phenoxy) is 1. The molecule has 0 saturated carbocycles. The Labute approximate surface area is 237 Å². The Morgan fingerprint density at radius 1 is 1.05 bits per heavy atom. The van der Waals surface area contributed by atoms with E-state index in [1.165, 1.54) is 0 Å². The minimum Gasteiger partial charge on any atom is -0.478 e. The van der Waals surface area contributed by atoms with E-state index < -0.39 is 12.1 Å². The van der Waals surface area contributed by atoms with E-state index in [2.05, 4.69) is 21.7 Å². The minimum absolute atomic E-state index is 0.318. The van der Waals surface area contributed by atoms with Gasteiger partial charge in [-0.05, 0) is 54.3 Å². The second kappa shape index (κ2) is 13.2. The highest BCUT2D eigenvalue weighted by molar-refractivity contribution is 7.98. The van der Waals surface area contributed by atoms with Crippen molar-refractivity contribution in [2.75, 3.05) is 0 Å². The maximum absolute atomic E-state index is 12.0. The second-order valence-electron chi connectivity index (χ2n) is 8.96. The van der Waals surface area contributed by atoms with Gasteiger partial charge in [-0.3, -0.25) is 0 Å². The lowest BCUT2D eigenvalue weighted by molar-refractivity contribution is -0.145. The summed E-state index contributed by atoms with van der Waals surface area (Å²) < 4.78 is 8.00. The highest BCUT2D eigenvalue weighted by Crippen LogP contribution is 2.32. The van der Waals surface area contributed by atoms with E-state index in [9.17, 15) is 9.90 Å². The average molecular weight is 571 g/mol. The molecule has 0 fully saturated rings. The smallest absolute Gasteiger partial charge is 0.349 e. The first kappa shape index (κ1) is 28.0. The summed E-state index contributed by atoms with van der Waals surface area (Å²) in [7, 11) is 0. The van der Waals surface area contributed by atoms with Gasteiger partial charge in [0.2, 0.25) is 6.10 Å². The van der Waals surface area contributed by atoms with Gasteiger partial charge in [0.05, 0.1) is 11.6 Å². The van der Waals surface area contributed by atoms with Crippen LogP contribution in [0.25, 0.3) is 0 Å². The van der Waals surface area contributed by atoms with E-state index in [0.717, 1.165) is 52.7 Å². The molecule has 1 heterocycles. The number of carboxylic acid groups (broad SMARTS) is 1. The van der Waals surface area contributed by atoms with Gasteiger partial charge in [0.25, 0.3) is 0 Å². The second-order valence-corrected chi connectivity index (χ2v) is 10.7. The summed E-state index contributed by atoms with van der Waals surface area (Å²) in [5.41, 5.74) is 3.52. The van der Waals surface area contributed by atoms with Gasteiger partial charge in [0.1, 0.15) is 11.6 Å². The Balaban J connectivity index is 1.54. The summed E-state index contributed by atoms with van der Waals surface area (Å²) in [6.45, 7) is 4.54. The predicted octanol–water partition coefficient (Wildman–Crippen LogP) is 7.78. The van der Waals surface area contributed by atoms with Crippen LogP contribution in [0.5, 0.6) is 5.75 Å². The molecule has 0 aliphatic rings. The van der Waals surface area contributed by atoms with Crippen molar-refractivity contribution in [1.82, 2.24) is 14.8 Å². The van der Waals surface area contributed by atoms with Crippen molar-refractivity contribution in [3.05, 3.63) is 105 Å². The number of aryl methyl sites for hydroxylation is 2. The molecule has 0 bridgehead atoms. The van der Waals surface area contributed by atoms with Crippen molar-refractivity contribution in [3.63, 3.8) is 0 Å². The van der Waals surface area contributed by atoms with Crippen LogP contribution in [0.15, 0.2) is 71.9 Å². The molecule has 38 heavy (non-hydrogen) atoms. The van der Waals surface area contributed by atoms with Crippen LogP contribution in [-0.2, 0) is 23.5 Å². The van der Waals surface area contributed by atoms with Crippen molar-refractivity contribution in [3.8, 4) is 5.75 Å². The zero-order valence-corrected chi connectivity index (χ0v) is 23.6. The van der Waals surface area contributed by atoms with Crippen molar-refractivity contribution in [2.45, 2.75) is 56.7 Å². The van der Waals surface area contributed by atoms with Crippen LogP contribution in [0.1, 0.15) is 53.9 Å². The summed E-state index contributed by atoms with van der Waals surface area (Å²) in [6.07, 6.45) is 1.75. The molecule has 0 spiro atoms. The normalized spacial score (nSPS) is 11.9. The number of aromatic nitrogens is 3. The van der Waals surface area contributed by atoms with Crippen LogP contribution < -0.4 is 4.74 Å². The highest BCUT2D eigenvalue weighted by atomic mass is 35.5. The average Bonchev–Trinajstić information content (AvgIpc) is 3.28. The third-order valence-electron chi connectivity index (χ3n) is 6.11. The van der Waals surface area contributed by atoms with Crippen molar-refractivity contribution < 1.29 is 14.6 Å². The number of carbonyl (C=O) groups is 1. The minimum atomic E-state index is -1.16. The van der Waals surface area contributed by atoms with Gasteiger partial charge in [0.15, 0.2) is 5.16 Å². The topological polar surface area (TPSA) is 77.2 Å². The van der Waals surface area contributed by atoms with Crippen LogP contribution in [0.4, 0.5) is 0 Å². The molecule has 4 aromatic rings. The number of halogens is 2. The molecule has 9 heteroatoms. The molecule has 1 unspecified atom stereocenters. The molecule has 0 amide bonds. The van der Waals surface area contributed by atoms with E-state index in [1.807, 2.05) is 55.5 Å². The number of aliphatic carboxylic acids is 1. The fourth-order valence-corrected chi connectivity index (χ4v) is 5.29. The van der Waals surface area contributed by atoms with Crippen LogP contribution in [0.2, 0.25) is 10.0 Å². The Hall–Kier alpha value is -3.00. The van der Waals surface area contributed by atoms with Crippen LogP contribution >= 0.6 is 35.0 Å². The molecule has 3 aromatic carbocycles. The van der Waals surface area contributed by atoms with Crippen LogP contribution in [0, 0.1) is 6.92 Å². The predicted molar refractivity (Wildman–Crippen MR) is 152 cm³/mol. The SMILES string of the molecule is CCCCc1nnc(SCc2ccc(Cl)cc2)n1Cc1ccc(OC(C(=O)O)c2ccccc2C)c(Cl)c1. The zero-order valence-electron chi connectivity index (χ0n) is 21.2. The van der Waals surface area contributed by atoms with Gasteiger partial charge in [-0.15, -0.1) is 10.2 Å².